The van der Waals surface area contributed by atoms with Crippen molar-refractivity contribution in [1.29, 1.82) is 10.8 Å². The summed E-state index contributed by atoms with van der Waals surface area (Å²) >= 11 is 11.7. The van der Waals surface area contributed by atoms with Gasteiger partial charge in [-0.3, -0.25) is 4.99 Å². The molecule has 0 aromatic heterocycles. The molecule has 9 heteroatoms. The Labute approximate surface area is 186 Å². The van der Waals surface area contributed by atoms with E-state index < -0.39 is 0 Å². The van der Waals surface area contributed by atoms with Crippen LogP contribution in [-0.4, -0.2) is 29.9 Å². The quantitative estimate of drug-likeness (QED) is 0.221. The number of guanidine groups is 2. The molecule has 2 aromatic rings. The average molecular weight is 446 g/mol. The molecule has 0 heterocycles. The van der Waals surface area contributed by atoms with Gasteiger partial charge in [-0.25, -0.2) is 0 Å². The van der Waals surface area contributed by atoms with Crippen molar-refractivity contribution in [2.24, 2.45) is 21.5 Å². The van der Waals surface area contributed by atoms with Gasteiger partial charge in [0.15, 0.2) is 0 Å². The van der Waals surface area contributed by atoms with Gasteiger partial charge in [0.05, 0.1) is 0 Å². The Hall–Kier alpha value is -2.90. The highest BCUT2D eigenvalue weighted by atomic mass is 35.5. The van der Waals surface area contributed by atoms with Crippen molar-refractivity contribution in [2.75, 3.05) is 11.9 Å². The molecule has 0 amide bonds. The van der Waals surface area contributed by atoms with Crippen LogP contribution in [0, 0.1) is 10.8 Å². The lowest BCUT2D eigenvalue weighted by Gasteiger charge is -2.06. The molecule has 0 bridgehead atoms. The molecule has 30 heavy (non-hydrogen) atoms. The van der Waals surface area contributed by atoms with E-state index in [-0.39, 0.29) is 11.9 Å². The summed E-state index contributed by atoms with van der Waals surface area (Å²) < 4.78 is 0. The van der Waals surface area contributed by atoms with Gasteiger partial charge in [0, 0.05) is 46.5 Å². The molecule has 0 aliphatic heterocycles. The highest BCUT2D eigenvalue weighted by Gasteiger charge is 2.05. The van der Waals surface area contributed by atoms with Crippen molar-refractivity contribution in [3.63, 3.8) is 0 Å². The highest BCUT2D eigenvalue weighted by Crippen LogP contribution is 2.13. The maximum absolute atomic E-state index is 8.07. The zero-order chi connectivity index (χ0) is 21.9. The van der Waals surface area contributed by atoms with Gasteiger partial charge in [-0.2, -0.15) is 4.99 Å². The van der Waals surface area contributed by atoms with Gasteiger partial charge in [0.25, 0.3) is 0 Å². The van der Waals surface area contributed by atoms with E-state index in [1.165, 1.54) is 0 Å². The van der Waals surface area contributed by atoms with Gasteiger partial charge >= 0.3 is 0 Å². The van der Waals surface area contributed by atoms with Crippen LogP contribution in [-0.2, 0) is 6.42 Å². The second-order valence-electron chi connectivity index (χ2n) is 6.66. The minimum absolute atomic E-state index is 0.0657. The topological polar surface area (TPSA) is 136 Å². The first-order valence-electron chi connectivity index (χ1n) is 9.35. The van der Waals surface area contributed by atoms with Crippen LogP contribution >= 0.6 is 23.2 Å². The van der Waals surface area contributed by atoms with Crippen molar-refractivity contribution < 1.29 is 0 Å². The summed E-state index contributed by atoms with van der Waals surface area (Å²) in [6, 6.07) is 14.4. The lowest BCUT2D eigenvalue weighted by Crippen LogP contribution is -2.26. The lowest BCUT2D eigenvalue weighted by molar-refractivity contribution is 0.865. The first-order valence-corrected chi connectivity index (χ1v) is 10.1. The predicted octanol–water partition coefficient (Wildman–Crippen LogP) is 4.49. The fourth-order valence-corrected chi connectivity index (χ4v) is 2.86. The number of halogens is 2. The zero-order valence-electron chi connectivity index (χ0n) is 16.5. The monoisotopic (exact) mass is 445 g/mol. The number of nitrogens with one attached hydrogen (secondary N) is 3. The molecule has 0 radical (unpaired) electrons. The van der Waals surface area contributed by atoms with Crippen LogP contribution in [0.4, 0.5) is 5.69 Å². The largest absolute Gasteiger partial charge is 0.369 e. The summed E-state index contributed by atoms with van der Waals surface area (Å²) in [7, 11) is 0. The third kappa shape index (κ3) is 9.07. The van der Waals surface area contributed by atoms with Gasteiger partial charge in [-0.05, 0) is 54.8 Å². The van der Waals surface area contributed by atoms with E-state index in [0.717, 1.165) is 11.3 Å². The Kier molecular flexibility index (Phi) is 9.31. The summed E-state index contributed by atoms with van der Waals surface area (Å²) in [4.78, 5) is 8.14. The van der Waals surface area contributed by atoms with Gasteiger partial charge in [-0.15, -0.1) is 0 Å². The second kappa shape index (κ2) is 11.9. The van der Waals surface area contributed by atoms with E-state index in [1.54, 1.807) is 36.4 Å². The van der Waals surface area contributed by atoms with Crippen LogP contribution in [0.25, 0.3) is 0 Å². The van der Waals surface area contributed by atoms with Crippen molar-refractivity contribution >= 4 is 52.2 Å². The van der Waals surface area contributed by atoms with Crippen LogP contribution < -0.4 is 16.8 Å². The second-order valence-corrected chi connectivity index (χ2v) is 7.53. The van der Waals surface area contributed by atoms with E-state index in [4.69, 9.17) is 45.5 Å². The minimum atomic E-state index is 0.0657. The molecule has 0 fully saturated rings. The van der Waals surface area contributed by atoms with Crippen molar-refractivity contribution in [3.8, 4) is 0 Å². The van der Waals surface area contributed by atoms with Crippen LogP contribution in [0.2, 0.25) is 10.0 Å². The van der Waals surface area contributed by atoms with E-state index >= 15 is 0 Å². The third-order valence-electron chi connectivity index (χ3n) is 4.02. The molecule has 158 valence electrons. The number of hydrogen-bond acceptors (Lipinski definition) is 3. The maximum atomic E-state index is 8.07. The first-order chi connectivity index (χ1) is 14.3. The summed E-state index contributed by atoms with van der Waals surface area (Å²) in [5.41, 5.74) is 14.3. The molecule has 0 spiro atoms. The lowest BCUT2D eigenvalue weighted by atomic mass is 10.0. The van der Waals surface area contributed by atoms with Crippen LogP contribution in [0.5, 0.6) is 0 Å². The number of nitrogens with two attached hydrogens (primary N) is 2. The molecule has 0 unspecified atom stereocenters. The van der Waals surface area contributed by atoms with E-state index in [0.29, 0.717) is 53.7 Å². The minimum Gasteiger partial charge on any atom is -0.369 e. The van der Waals surface area contributed by atoms with Gasteiger partial charge < -0.3 is 27.6 Å². The van der Waals surface area contributed by atoms with Crippen LogP contribution in [0.15, 0.2) is 58.5 Å². The van der Waals surface area contributed by atoms with Crippen molar-refractivity contribution in [3.05, 3.63) is 64.1 Å². The Morgan fingerprint density at radius 3 is 2.13 bits per heavy atom. The normalized spacial score (nSPS) is 11.9. The Bertz CT molecular complexity index is 919. The van der Waals surface area contributed by atoms with E-state index in [1.807, 2.05) is 12.1 Å². The molecule has 7 nitrogen and oxygen atoms in total. The zero-order valence-corrected chi connectivity index (χ0v) is 18.0. The summed E-state index contributed by atoms with van der Waals surface area (Å²) in [6.45, 7) is 0.427. The number of hydrogen-bond donors (Lipinski definition) is 5. The van der Waals surface area contributed by atoms with Crippen LogP contribution in [0.1, 0.15) is 24.8 Å². The fraction of sp³-hybridized carbons (Fsp3) is 0.238. The molecule has 2 aromatic carbocycles. The van der Waals surface area contributed by atoms with Gasteiger partial charge in [-0.1, -0.05) is 35.3 Å². The van der Waals surface area contributed by atoms with Crippen molar-refractivity contribution in [2.45, 2.75) is 25.7 Å². The predicted molar refractivity (Wildman–Crippen MR) is 128 cm³/mol. The number of aliphatic imine (C=N–C) groups is 2. The highest BCUT2D eigenvalue weighted by molar-refractivity contribution is 6.30. The van der Waals surface area contributed by atoms with Crippen molar-refractivity contribution in [1.82, 2.24) is 0 Å². The molecule has 7 N–H and O–H groups in total. The van der Waals surface area contributed by atoms with Crippen LogP contribution in [0.3, 0.4) is 0 Å². The van der Waals surface area contributed by atoms with Gasteiger partial charge in [0.1, 0.15) is 0 Å². The fourth-order valence-electron chi connectivity index (χ4n) is 2.61. The Morgan fingerprint density at radius 1 is 0.900 bits per heavy atom. The van der Waals surface area contributed by atoms with E-state index in [9.17, 15) is 0 Å². The first kappa shape index (κ1) is 23.4. The summed E-state index contributed by atoms with van der Waals surface area (Å²) in [5.74, 6) is 0.193. The number of anilines is 1. The number of benzene rings is 2. The molecular weight excluding hydrogens is 421 g/mol. The SMILES string of the molecule is N=C(CCCN=C(N)/N=C(\N)Nc1ccc(Cl)cc1)CC(=N)Cc1ccc(Cl)cc1. The smallest absolute Gasteiger partial charge is 0.218 e. The molecule has 0 saturated carbocycles. The van der Waals surface area contributed by atoms with Gasteiger partial charge in [0.2, 0.25) is 11.9 Å². The molecule has 2 rings (SSSR count). The van der Waals surface area contributed by atoms with E-state index in [2.05, 4.69) is 15.3 Å². The average Bonchev–Trinajstić information content (AvgIpc) is 2.68. The molecular formula is C21H25Cl2N7. The standard InChI is InChI=1S/C21H25Cl2N7/c22-15-5-3-14(4-6-15)12-18(25)13-17(24)2-1-11-28-20(26)30-21(27)29-19-9-7-16(23)8-10-19/h3-10,24-25H,1-2,11-13H2,(H5,26,27,28,29,30). The molecule has 0 aliphatic rings. The third-order valence-corrected chi connectivity index (χ3v) is 4.52. The number of nitrogens with zero attached hydrogens (tertiary/aromatic N) is 2. The Balaban J connectivity index is 1.69. The summed E-state index contributed by atoms with van der Waals surface area (Å²) in [6.07, 6.45) is 2.05. The molecule has 0 aliphatic carbocycles. The Morgan fingerprint density at radius 2 is 1.50 bits per heavy atom. The molecule has 0 atom stereocenters. The molecule has 0 saturated heterocycles. The summed E-state index contributed by atoms with van der Waals surface area (Å²) in [5, 5.41) is 20.3. The maximum Gasteiger partial charge on any atom is 0.218 e. The number of rotatable bonds is 9.